The summed E-state index contributed by atoms with van der Waals surface area (Å²) in [5.74, 6) is 2.27. The zero-order valence-electron chi connectivity index (χ0n) is 17.3. The summed E-state index contributed by atoms with van der Waals surface area (Å²) in [7, 11) is 0. The topological polar surface area (TPSA) is 96.0 Å². The van der Waals surface area contributed by atoms with Crippen LogP contribution < -0.4 is 15.8 Å². The number of ether oxygens (including phenoxy) is 1. The Kier molecular flexibility index (Phi) is 6.04. The van der Waals surface area contributed by atoms with E-state index in [1.165, 1.54) is 6.07 Å². The van der Waals surface area contributed by atoms with Gasteiger partial charge in [-0.15, -0.1) is 0 Å². The molecule has 3 aromatic rings. The minimum atomic E-state index is -0.151. The Morgan fingerprint density at radius 2 is 2.13 bits per heavy atom. The molecule has 1 fully saturated rings. The molecule has 0 aliphatic carbocycles. The van der Waals surface area contributed by atoms with Crippen LogP contribution in [0.4, 0.5) is 11.6 Å². The summed E-state index contributed by atoms with van der Waals surface area (Å²) in [5, 5.41) is 3.30. The fourth-order valence-corrected chi connectivity index (χ4v) is 3.39. The van der Waals surface area contributed by atoms with Crippen molar-refractivity contribution in [3.05, 3.63) is 64.3 Å². The standard InChI is InChI=1S/C22H26N6O2/c1-3-18-10-21(29)27-22(26-18)17-5-6-19(24-13-17)23-11-16-4-7-20(25-12-16)28-8-9-30-15(2)14-28/h4-7,10,12-13,15H,3,8-9,11,14H2,1-2H3,(H,23,24)(H,26,27,29). The van der Waals surface area contributed by atoms with Gasteiger partial charge >= 0.3 is 0 Å². The number of aryl methyl sites for hydroxylation is 1. The molecule has 1 aliphatic rings. The monoisotopic (exact) mass is 406 g/mol. The van der Waals surface area contributed by atoms with E-state index in [1.807, 2.05) is 31.3 Å². The number of anilines is 2. The van der Waals surface area contributed by atoms with Gasteiger partial charge in [0.2, 0.25) is 0 Å². The number of pyridine rings is 2. The smallest absolute Gasteiger partial charge is 0.251 e. The minimum Gasteiger partial charge on any atom is -0.375 e. The number of nitrogens with one attached hydrogen (secondary N) is 2. The predicted octanol–water partition coefficient (Wildman–Crippen LogP) is 2.63. The molecule has 8 heteroatoms. The number of H-pyrrole nitrogens is 1. The average molecular weight is 406 g/mol. The quantitative estimate of drug-likeness (QED) is 0.650. The fraction of sp³-hybridized carbons (Fsp3) is 0.364. The Labute approximate surface area is 175 Å². The van der Waals surface area contributed by atoms with E-state index in [-0.39, 0.29) is 11.7 Å². The number of morpholine rings is 1. The summed E-state index contributed by atoms with van der Waals surface area (Å²) >= 11 is 0. The highest BCUT2D eigenvalue weighted by Gasteiger charge is 2.17. The highest BCUT2D eigenvalue weighted by Crippen LogP contribution is 2.17. The molecule has 3 aromatic heterocycles. The van der Waals surface area contributed by atoms with Gasteiger partial charge in [0.05, 0.1) is 12.7 Å². The molecule has 8 nitrogen and oxygen atoms in total. The first kappa shape index (κ1) is 20.0. The molecular formula is C22H26N6O2. The maximum absolute atomic E-state index is 11.8. The third-order valence-electron chi connectivity index (χ3n) is 5.04. The molecule has 156 valence electrons. The van der Waals surface area contributed by atoms with Crippen LogP contribution in [0.15, 0.2) is 47.5 Å². The number of rotatable bonds is 6. The van der Waals surface area contributed by atoms with Crippen molar-refractivity contribution >= 4 is 11.6 Å². The molecule has 4 heterocycles. The molecule has 0 saturated carbocycles. The molecule has 0 bridgehead atoms. The van der Waals surface area contributed by atoms with Gasteiger partial charge in [-0.2, -0.15) is 0 Å². The number of nitrogens with zero attached hydrogens (tertiary/aromatic N) is 4. The maximum atomic E-state index is 11.8. The molecule has 30 heavy (non-hydrogen) atoms. The summed E-state index contributed by atoms with van der Waals surface area (Å²) in [4.78, 5) is 30.3. The molecule has 4 rings (SSSR count). The van der Waals surface area contributed by atoms with Crippen molar-refractivity contribution in [1.29, 1.82) is 0 Å². The lowest BCUT2D eigenvalue weighted by molar-refractivity contribution is 0.0529. The second-order valence-corrected chi connectivity index (χ2v) is 7.38. The van der Waals surface area contributed by atoms with Crippen molar-refractivity contribution in [3.8, 4) is 11.4 Å². The van der Waals surface area contributed by atoms with Gasteiger partial charge in [0.1, 0.15) is 17.5 Å². The van der Waals surface area contributed by atoms with E-state index in [4.69, 9.17) is 4.74 Å². The van der Waals surface area contributed by atoms with Gasteiger partial charge < -0.3 is 19.9 Å². The van der Waals surface area contributed by atoms with Crippen molar-refractivity contribution in [3.63, 3.8) is 0 Å². The van der Waals surface area contributed by atoms with Gasteiger partial charge in [-0.3, -0.25) is 4.79 Å². The molecule has 0 radical (unpaired) electrons. The third kappa shape index (κ3) is 4.83. The van der Waals surface area contributed by atoms with E-state index in [9.17, 15) is 4.79 Å². The lowest BCUT2D eigenvalue weighted by Crippen LogP contribution is -2.41. The summed E-state index contributed by atoms with van der Waals surface area (Å²) in [6.07, 6.45) is 4.54. The molecule has 0 aromatic carbocycles. The van der Waals surface area contributed by atoms with Crippen LogP contribution in [0.2, 0.25) is 0 Å². The van der Waals surface area contributed by atoms with Gasteiger partial charge in [-0.25, -0.2) is 15.0 Å². The largest absolute Gasteiger partial charge is 0.375 e. The average Bonchev–Trinajstić information content (AvgIpc) is 2.78. The van der Waals surface area contributed by atoms with Crippen LogP contribution in [-0.2, 0) is 17.7 Å². The molecule has 0 spiro atoms. The van der Waals surface area contributed by atoms with Crippen LogP contribution in [-0.4, -0.2) is 45.7 Å². The van der Waals surface area contributed by atoms with Crippen molar-refractivity contribution in [2.24, 2.45) is 0 Å². The van der Waals surface area contributed by atoms with Gasteiger partial charge in [0.25, 0.3) is 5.56 Å². The molecular weight excluding hydrogens is 380 g/mol. The van der Waals surface area contributed by atoms with Crippen LogP contribution >= 0.6 is 0 Å². The van der Waals surface area contributed by atoms with Crippen molar-refractivity contribution < 1.29 is 4.74 Å². The van der Waals surface area contributed by atoms with E-state index >= 15 is 0 Å². The van der Waals surface area contributed by atoms with Crippen molar-refractivity contribution in [1.82, 2.24) is 19.9 Å². The minimum absolute atomic E-state index is 0.151. The summed E-state index contributed by atoms with van der Waals surface area (Å²) in [6, 6.07) is 9.42. The molecule has 1 saturated heterocycles. The number of aromatic amines is 1. The summed E-state index contributed by atoms with van der Waals surface area (Å²) < 4.78 is 5.59. The molecule has 1 aliphatic heterocycles. The van der Waals surface area contributed by atoms with Gasteiger partial charge in [0, 0.05) is 49.4 Å². The predicted molar refractivity (Wildman–Crippen MR) is 117 cm³/mol. The Bertz CT molecular complexity index is 1030. The first-order chi connectivity index (χ1) is 14.6. The molecule has 1 atom stereocenters. The highest BCUT2D eigenvalue weighted by molar-refractivity contribution is 5.56. The maximum Gasteiger partial charge on any atom is 0.251 e. The molecule has 1 unspecified atom stereocenters. The van der Waals surface area contributed by atoms with Crippen LogP contribution in [0.3, 0.4) is 0 Å². The van der Waals surface area contributed by atoms with Crippen LogP contribution in [0.1, 0.15) is 25.1 Å². The second kappa shape index (κ2) is 9.04. The fourth-order valence-electron chi connectivity index (χ4n) is 3.39. The number of aromatic nitrogens is 4. The number of hydrogen-bond acceptors (Lipinski definition) is 7. The van der Waals surface area contributed by atoms with Gasteiger partial charge in [-0.05, 0) is 37.1 Å². The Balaban J connectivity index is 1.37. The first-order valence-electron chi connectivity index (χ1n) is 10.2. The summed E-state index contributed by atoms with van der Waals surface area (Å²) in [5.41, 5.74) is 2.46. The van der Waals surface area contributed by atoms with Crippen molar-refractivity contribution in [2.75, 3.05) is 29.9 Å². The molecule has 2 N–H and O–H groups in total. The Morgan fingerprint density at radius 1 is 1.23 bits per heavy atom. The Hall–Kier alpha value is -3.26. The normalized spacial score (nSPS) is 16.5. The summed E-state index contributed by atoms with van der Waals surface area (Å²) in [6.45, 7) is 7.14. The zero-order chi connectivity index (χ0) is 20.9. The van der Waals surface area contributed by atoms with Crippen LogP contribution in [0.25, 0.3) is 11.4 Å². The van der Waals surface area contributed by atoms with E-state index in [2.05, 4.69) is 43.1 Å². The Morgan fingerprint density at radius 3 is 2.83 bits per heavy atom. The van der Waals surface area contributed by atoms with Crippen molar-refractivity contribution in [2.45, 2.75) is 32.9 Å². The SMILES string of the molecule is CCc1cc(=O)[nH]c(-c2ccc(NCc3ccc(N4CCOC(C)C4)nc3)nc2)n1. The van der Waals surface area contributed by atoms with E-state index < -0.39 is 0 Å². The lowest BCUT2D eigenvalue weighted by atomic mass is 10.2. The van der Waals surface area contributed by atoms with E-state index in [1.54, 1.807) is 6.20 Å². The third-order valence-corrected chi connectivity index (χ3v) is 5.04. The van der Waals surface area contributed by atoms with Crippen LogP contribution in [0.5, 0.6) is 0 Å². The van der Waals surface area contributed by atoms with Gasteiger partial charge in [0.15, 0.2) is 0 Å². The highest BCUT2D eigenvalue weighted by atomic mass is 16.5. The number of hydrogen-bond donors (Lipinski definition) is 2. The van der Waals surface area contributed by atoms with Gasteiger partial charge in [-0.1, -0.05) is 13.0 Å². The molecule has 0 amide bonds. The van der Waals surface area contributed by atoms with E-state index in [0.717, 1.165) is 48.2 Å². The second-order valence-electron chi connectivity index (χ2n) is 7.38. The van der Waals surface area contributed by atoms with E-state index in [0.29, 0.717) is 18.8 Å². The first-order valence-corrected chi connectivity index (χ1v) is 10.2. The lowest BCUT2D eigenvalue weighted by Gasteiger charge is -2.32. The van der Waals surface area contributed by atoms with Crippen LogP contribution in [0, 0.1) is 0 Å². The zero-order valence-corrected chi connectivity index (χ0v) is 17.3.